The van der Waals surface area contributed by atoms with Crippen molar-refractivity contribution in [2.24, 2.45) is 5.10 Å². The molecule has 1 fully saturated rings. The van der Waals surface area contributed by atoms with Crippen LogP contribution in [0.25, 0.3) is 0 Å². The number of hydrogen-bond donors (Lipinski definition) is 4. The number of phenolic OH excluding ortho intramolecular Hbond substituents is 1. The highest BCUT2D eigenvalue weighted by Gasteiger charge is 2.20. The van der Waals surface area contributed by atoms with Gasteiger partial charge in [-0.05, 0) is 54.8 Å². The van der Waals surface area contributed by atoms with E-state index in [2.05, 4.69) is 21.2 Å². The molecule has 0 radical (unpaired) electrons. The number of rotatable bonds is 5. The summed E-state index contributed by atoms with van der Waals surface area (Å²) in [6.45, 7) is 0. The minimum absolute atomic E-state index is 0.113. The first-order valence-corrected chi connectivity index (χ1v) is 9.86. The molecule has 4 N–H and O–H groups in total. The largest absolute Gasteiger partial charge is 0.508 e. The van der Waals surface area contributed by atoms with Gasteiger partial charge in [-0.25, -0.2) is 5.43 Å². The molecule has 156 valence electrons. The number of hydrogen-bond acceptors (Lipinski definition) is 5. The summed E-state index contributed by atoms with van der Waals surface area (Å²) in [4.78, 5) is 36.8. The Balaban J connectivity index is 1.58. The van der Waals surface area contributed by atoms with Gasteiger partial charge < -0.3 is 15.7 Å². The van der Waals surface area contributed by atoms with Crippen LogP contribution in [0.4, 0.5) is 5.69 Å². The van der Waals surface area contributed by atoms with Gasteiger partial charge in [0.25, 0.3) is 5.91 Å². The summed E-state index contributed by atoms with van der Waals surface area (Å²) in [5, 5.41) is 18.4. The van der Waals surface area contributed by atoms with E-state index in [1.807, 2.05) is 0 Å². The van der Waals surface area contributed by atoms with Gasteiger partial charge in [-0.1, -0.05) is 31.4 Å². The van der Waals surface area contributed by atoms with E-state index in [0.717, 1.165) is 25.7 Å². The van der Waals surface area contributed by atoms with Crippen LogP contribution in [-0.4, -0.2) is 35.1 Å². The Morgan fingerprint density at radius 3 is 2.37 bits per heavy atom. The van der Waals surface area contributed by atoms with Crippen molar-refractivity contribution in [3.8, 4) is 5.75 Å². The fraction of sp³-hybridized carbons (Fsp3) is 0.273. The Labute approximate surface area is 174 Å². The molecule has 0 saturated heterocycles. The van der Waals surface area contributed by atoms with Crippen LogP contribution in [0.3, 0.4) is 0 Å². The Kier molecular flexibility index (Phi) is 7.15. The van der Waals surface area contributed by atoms with Gasteiger partial charge in [-0.15, -0.1) is 0 Å². The zero-order chi connectivity index (χ0) is 21.3. The highest BCUT2D eigenvalue weighted by atomic mass is 16.3. The molecule has 0 heterocycles. The van der Waals surface area contributed by atoms with Crippen LogP contribution >= 0.6 is 0 Å². The van der Waals surface area contributed by atoms with Gasteiger partial charge in [0.05, 0.1) is 17.5 Å². The number of amides is 3. The molecule has 3 rings (SSSR count). The van der Waals surface area contributed by atoms with Gasteiger partial charge in [0, 0.05) is 6.04 Å². The normalized spacial score (nSPS) is 14.3. The van der Waals surface area contributed by atoms with Crippen molar-refractivity contribution in [2.75, 3.05) is 5.32 Å². The lowest BCUT2D eigenvalue weighted by atomic mass is 9.95. The molecule has 0 bridgehead atoms. The zero-order valence-corrected chi connectivity index (χ0v) is 16.4. The Morgan fingerprint density at radius 2 is 1.63 bits per heavy atom. The lowest BCUT2D eigenvalue weighted by Crippen LogP contribution is -2.37. The topological polar surface area (TPSA) is 120 Å². The molecule has 0 atom stereocenters. The van der Waals surface area contributed by atoms with Crippen molar-refractivity contribution in [2.45, 2.75) is 38.1 Å². The van der Waals surface area contributed by atoms with E-state index >= 15 is 0 Å². The molecule has 8 nitrogen and oxygen atoms in total. The number of carbonyl (C=O) groups excluding carboxylic acids is 3. The van der Waals surface area contributed by atoms with E-state index in [9.17, 15) is 19.5 Å². The molecule has 0 aliphatic heterocycles. The summed E-state index contributed by atoms with van der Waals surface area (Å²) in [7, 11) is 0. The summed E-state index contributed by atoms with van der Waals surface area (Å²) in [5.74, 6) is -2.06. The zero-order valence-electron chi connectivity index (χ0n) is 16.4. The van der Waals surface area contributed by atoms with Crippen molar-refractivity contribution in [3.63, 3.8) is 0 Å². The first-order chi connectivity index (χ1) is 14.5. The number of aromatic hydroxyl groups is 1. The number of para-hydroxylation sites is 1. The summed E-state index contributed by atoms with van der Waals surface area (Å²) >= 11 is 0. The summed E-state index contributed by atoms with van der Waals surface area (Å²) in [5.41, 5.74) is 3.33. The Morgan fingerprint density at radius 1 is 0.933 bits per heavy atom. The lowest BCUT2D eigenvalue weighted by Gasteiger charge is -2.23. The molecular formula is C22H24N4O4. The monoisotopic (exact) mass is 408 g/mol. The number of carbonyl (C=O) groups is 3. The molecule has 30 heavy (non-hydrogen) atoms. The minimum Gasteiger partial charge on any atom is -0.508 e. The van der Waals surface area contributed by atoms with Crippen LogP contribution in [-0.2, 0) is 9.59 Å². The van der Waals surface area contributed by atoms with Crippen LogP contribution in [0, 0.1) is 0 Å². The Hall–Kier alpha value is -3.68. The van der Waals surface area contributed by atoms with Crippen LogP contribution in [0.15, 0.2) is 53.6 Å². The smallest absolute Gasteiger partial charge is 0.329 e. The van der Waals surface area contributed by atoms with Crippen LogP contribution < -0.4 is 16.1 Å². The van der Waals surface area contributed by atoms with E-state index in [0.29, 0.717) is 11.1 Å². The van der Waals surface area contributed by atoms with Crippen molar-refractivity contribution >= 4 is 29.6 Å². The van der Waals surface area contributed by atoms with Gasteiger partial charge >= 0.3 is 11.8 Å². The third-order valence-corrected chi connectivity index (χ3v) is 4.84. The summed E-state index contributed by atoms with van der Waals surface area (Å²) in [6.07, 6.45) is 6.60. The van der Waals surface area contributed by atoms with E-state index < -0.39 is 11.8 Å². The molecule has 2 aromatic rings. The second-order valence-electron chi connectivity index (χ2n) is 7.10. The molecule has 1 aliphatic carbocycles. The Bertz CT molecular complexity index is 934. The van der Waals surface area contributed by atoms with Gasteiger partial charge in [-0.2, -0.15) is 5.10 Å². The molecule has 3 amide bonds. The molecule has 0 spiro atoms. The van der Waals surface area contributed by atoms with E-state index in [1.54, 1.807) is 36.4 Å². The van der Waals surface area contributed by atoms with Crippen LogP contribution in [0.2, 0.25) is 0 Å². The second kappa shape index (κ2) is 10.2. The lowest BCUT2D eigenvalue weighted by molar-refractivity contribution is -0.136. The van der Waals surface area contributed by atoms with Gasteiger partial charge in [-0.3, -0.25) is 14.4 Å². The number of hydrazone groups is 1. The van der Waals surface area contributed by atoms with Gasteiger partial charge in [0.15, 0.2) is 0 Å². The minimum atomic E-state index is -0.965. The molecule has 2 aromatic carbocycles. The first kappa shape index (κ1) is 21.0. The molecular weight excluding hydrogens is 384 g/mol. The summed E-state index contributed by atoms with van der Waals surface area (Å²) < 4.78 is 0. The second-order valence-corrected chi connectivity index (χ2v) is 7.10. The number of nitrogens with one attached hydrogen (secondary N) is 3. The molecule has 0 aromatic heterocycles. The highest BCUT2D eigenvalue weighted by molar-refractivity contribution is 6.40. The van der Waals surface area contributed by atoms with Crippen molar-refractivity contribution in [1.29, 1.82) is 0 Å². The molecule has 1 saturated carbocycles. The third-order valence-electron chi connectivity index (χ3n) is 4.84. The quantitative estimate of drug-likeness (QED) is 0.345. The third kappa shape index (κ3) is 5.91. The fourth-order valence-electron chi connectivity index (χ4n) is 3.26. The standard InChI is InChI=1S/C22H24N4O4/c27-17-12-10-15(11-13-17)14-23-26-22(30)21(29)25-19-9-5-4-8-18(19)20(28)24-16-6-2-1-3-7-16/h4-5,8-14,16,27H,1-3,6-7H2,(H,24,28)(H,25,29)(H,26,30)/b23-14+. The van der Waals surface area contributed by atoms with Crippen LogP contribution in [0.5, 0.6) is 5.75 Å². The number of anilines is 1. The number of phenols is 1. The maximum Gasteiger partial charge on any atom is 0.329 e. The van der Waals surface area contributed by atoms with E-state index in [4.69, 9.17) is 0 Å². The van der Waals surface area contributed by atoms with Crippen molar-refractivity contribution in [3.05, 3.63) is 59.7 Å². The maximum atomic E-state index is 12.6. The first-order valence-electron chi connectivity index (χ1n) is 9.86. The van der Waals surface area contributed by atoms with Gasteiger partial charge in [0.1, 0.15) is 5.75 Å². The van der Waals surface area contributed by atoms with E-state index in [-0.39, 0.29) is 23.4 Å². The van der Waals surface area contributed by atoms with E-state index in [1.165, 1.54) is 24.8 Å². The van der Waals surface area contributed by atoms with Crippen molar-refractivity contribution < 1.29 is 19.5 Å². The predicted molar refractivity (Wildman–Crippen MR) is 113 cm³/mol. The average Bonchev–Trinajstić information content (AvgIpc) is 2.76. The highest BCUT2D eigenvalue weighted by Crippen LogP contribution is 2.20. The predicted octanol–water partition coefficient (Wildman–Crippen LogP) is 2.54. The average molecular weight is 408 g/mol. The fourth-order valence-corrected chi connectivity index (χ4v) is 3.26. The molecule has 0 unspecified atom stereocenters. The maximum absolute atomic E-state index is 12.6. The van der Waals surface area contributed by atoms with Crippen molar-refractivity contribution in [1.82, 2.24) is 10.7 Å². The summed E-state index contributed by atoms with van der Waals surface area (Å²) in [6, 6.07) is 12.8. The molecule has 1 aliphatic rings. The molecule has 8 heteroatoms. The van der Waals surface area contributed by atoms with Gasteiger partial charge in [0.2, 0.25) is 0 Å². The number of benzene rings is 2. The SMILES string of the molecule is O=C(N/N=C/c1ccc(O)cc1)C(=O)Nc1ccccc1C(=O)NC1CCCCC1. The number of nitrogens with zero attached hydrogens (tertiary/aromatic N) is 1. The van der Waals surface area contributed by atoms with Crippen LogP contribution in [0.1, 0.15) is 48.0 Å².